The summed E-state index contributed by atoms with van der Waals surface area (Å²) in [6, 6.07) is 19.8. The van der Waals surface area contributed by atoms with Crippen LogP contribution >= 0.6 is 22.7 Å². The number of aromatic nitrogens is 2. The molecule has 2 atom stereocenters. The summed E-state index contributed by atoms with van der Waals surface area (Å²) in [5.41, 5.74) is 13.8. The second kappa shape index (κ2) is 11.0. The first-order valence-corrected chi connectivity index (χ1v) is 12.1. The Hall–Kier alpha value is -3.66. The molecule has 170 valence electrons. The highest BCUT2D eigenvalue weighted by molar-refractivity contribution is 7.12. The van der Waals surface area contributed by atoms with Crippen molar-refractivity contribution in [3.8, 4) is 35.3 Å². The number of aliphatic hydroxyl groups is 2. The van der Waals surface area contributed by atoms with Crippen molar-refractivity contribution in [1.29, 1.82) is 0 Å². The first-order valence-electron chi connectivity index (χ1n) is 10.4. The summed E-state index contributed by atoms with van der Waals surface area (Å²) in [4.78, 5) is 12.2. The van der Waals surface area contributed by atoms with Gasteiger partial charge < -0.3 is 21.7 Å². The van der Waals surface area contributed by atoms with Crippen LogP contribution < -0.4 is 11.5 Å². The van der Waals surface area contributed by atoms with Crippen molar-refractivity contribution in [2.45, 2.75) is 25.0 Å². The van der Waals surface area contributed by atoms with Crippen LogP contribution in [0, 0.1) is 23.9 Å². The van der Waals surface area contributed by atoms with Crippen LogP contribution in [0.5, 0.6) is 0 Å². The molecule has 0 aromatic carbocycles. The molecule has 4 rings (SSSR count). The Morgan fingerprint density at radius 2 is 1.15 bits per heavy atom. The fourth-order valence-corrected chi connectivity index (χ4v) is 5.18. The molecule has 0 fully saturated rings. The Morgan fingerprint density at radius 3 is 1.56 bits per heavy atom. The standard InChI is InChI=1S/C26H22N4O2S2/c27-9-5-19-1-3-25(33-19)23(31)15-17-7-11-29-21(13-17)22-14-18(8-12-30-22)16-24(32)26-4-2-20(34-26)6-10-28/h1-4,7-8,11-14,23-24,31-32H,15-16,27-28H2. The first-order chi connectivity index (χ1) is 16.6. The maximum atomic E-state index is 10.7. The molecule has 4 aromatic rings. The highest BCUT2D eigenvalue weighted by Crippen LogP contribution is 2.28. The number of rotatable bonds is 7. The average Bonchev–Trinajstić information content (AvgIpc) is 3.50. The van der Waals surface area contributed by atoms with Crippen molar-refractivity contribution in [3.05, 3.63) is 91.6 Å². The Balaban J connectivity index is 1.47. The van der Waals surface area contributed by atoms with Crippen LogP contribution in [-0.2, 0) is 12.8 Å². The van der Waals surface area contributed by atoms with E-state index in [1.807, 2.05) is 48.5 Å². The molecule has 0 aliphatic rings. The van der Waals surface area contributed by atoms with Gasteiger partial charge in [-0.3, -0.25) is 9.97 Å². The van der Waals surface area contributed by atoms with Gasteiger partial charge in [0.1, 0.15) is 0 Å². The van der Waals surface area contributed by atoms with Gasteiger partial charge in [0.25, 0.3) is 0 Å². The van der Waals surface area contributed by atoms with E-state index < -0.39 is 12.2 Å². The van der Waals surface area contributed by atoms with E-state index >= 15 is 0 Å². The highest BCUT2D eigenvalue weighted by atomic mass is 32.1. The van der Waals surface area contributed by atoms with Crippen LogP contribution in [0.15, 0.2) is 60.9 Å². The van der Waals surface area contributed by atoms with Crippen LogP contribution in [0.3, 0.4) is 0 Å². The lowest BCUT2D eigenvalue weighted by molar-refractivity contribution is 0.182. The third kappa shape index (κ3) is 5.82. The fourth-order valence-electron chi connectivity index (χ4n) is 3.47. The molecule has 0 aliphatic heterocycles. The normalized spacial score (nSPS) is 12.2. The van der Waals surface area contributed by atoms with Gasteiger partial charge in [-0.05, 0) is 71.5 Å². The molecule has 0 radical (unpaired) electrons. The van der Waals surface area contributed by atoms with Gasteiger partial charge in [0.2, 0.25) is 0 Å². The van der Waals surface area contributed by atoms with Crippen molar-refractivity contribution < 1.29 is 10.2 Å². The molecular formula is C26H22N4O2S2. The van der Waals surface area contributed by atoms with Crippen molar-refractivity contribution in [1.82, 2.24) is 9.97 Å². The summed E-state index contributed by atoms with van der Waals surface area (Å²) in [7, 11) is 0. The summed E-state index contributed by atoms with van der Waals surface area (Å²) in [6.07, 6.45) is 3.01. The van der Waals surface area contributed by atoms with E-state index in [1.165, 1.54) is 22.7 Å². The van der Waals surface area contributed by atoms with Crippen LogP contribution in [0.4, 0.5) is 0 Å². The number of thiophene rings is 2. The average molecular weight is 487 g/mol. The lowest BCUT2D eigenvalue weighted by Gasteiger charge is -2.11. The van der Waals surface area contributed by atoms with Crippen molar-refractivity contribution in [2.24, 2.45) is 11.5 Å². The highest BCUT2D eigenvalue weighted by Gasteiger charge is 2.14. The molecule has 0 amide bonds. The third-order valence-corrected chi connectivity index (χ3v) is 7.27. The molecule has 0 bridgehead atoms. The summed E-state index contributed by atoms with van der Waals surface area (Å²) in [5, 5.41) is 21.3. The van der Waals surface area contributed by atoms with Crippen LogP contribution in [0.25, 0.3) is 11.4 Å². The molecule has 0 aliphatic carbocycles. The second-order valence-electron chi connectivity index (χ2n) is 7.48. The van der Waals surface area contributed by atoms with Gasteiger partial charge in [0, 0.05) is 47.1 Å². The van der Waals surface area contributed by atoms with Gasteiger partial charge in [-0.15, -0.1) is 22.7 Å². The quantitative estimate of drug-likeness (QED) is 0.235. The van der Waals surface area contributed by atoms with Gasteiger partial charge >= 0.3 is 0 Å². The molecule has 2 unspecified atom stereocenters. The molecule has 34 heavy (non-hydrogen) atoms. The third-order valence-electron chi connectivity index (χ3n) is 5.07. The van der Waals surface area contributed by atoms with Crippen LogP contribution in [0.1, 0.15) is 42.8 Å². The maximum Gasteiger partial charge on any atom is 0.0922 e. The Kier molecular flexibility index (Phi) is 7.58. The number of nitrogens with two attached hydrogens (primary N) is 2. The first kappa shape index (κ1) is 23.5. The zero-order chi connectivity index (χ0) is 23.9. The van der Waals surface area contributed by atoms with E-state index in [9.17, 15) is 10.2 Å². The second-order valence-corrected chi connectivity index (χ2v) is 9.71. The Bertz CT molecular complexity index is 1300. The van der Waals surface area contributed by atoms with E-state index in [2.05, 4.69) is 33.9 Å². The van der Waals surface area contributed by atoms with Crippen molar-refractivity contribution in [2.75, 3.05) is 0 Å². The number of aliphatic hydroxyl groups excluding tert-OH is 2. The van der Waals surface area contributed by atoms with E-state index in [0.29, 0.717) is 24.2 Å². The smallest absolute Gasteiger partial charge is 0.0922 e. The minimum atomic E-state index is -0.650. The van der Waals surface area contributed by atoms with E-state index in [1.54, 1.807) is 12.4 Å². The molecule has 4 heterocycles. The van der Waals surface area contributed by atoms with E-state index in [-0.39, 0.29) is 0 Å². The SMILES string of the molecule is NC#Cc1ccc(C(O)Cc2ccnc(-c3cc(CC(O)c4ccc(C#CN)s4)ccn3)c2)s1. The van der Waals surface area contributed by atoms with Gasteiger partial charge in [-0.1, -0.05) is 0 Å². The zero-order valence-corrected chi connectivity index (χ0v) is 19.7. The molecule has 8 heteroatoms. The summed E-state index contributed by atoms with van der Waals surface area (Å²) >= 11 is 2.85. The number of pyridine rings is 2. The molecule has 6 nitrogen and oxygen atoms in total. The van der Waals surface area contributed by atoms with Crippen molar-refractivity contribution >= 4 is 22.7 Å². The van der Waals surface area contributed by atoms with Gasteiger partial charge in [0.15, 0.2) is 0 Å². The molecular weight excluding hydrogens is 464 g/mol. The van der Waals surface area contributed by atoms with E-state index in [4.69, 9.17) is 11.5 Å². The predicted molar refractivity (Wildman–Crippen MR) is 136 cm³/mol. The van der Waals surface area contributed by atoms with Crippen LogP contribution in [0.2, 0.25) is 0 Å². The lowest BCUT2D eigenvalue weighted by atomic mass is 10.0. The molecule has 6 N–H and O–H groups in total. The minimum Gasteiger partial charge on any atom is -0.387 e. The number of nitrogens with zero attached hydrogens (tertiary/aromatic N) is 2. The lowest BCUT2D eigenvalue weighted by Crippen LogP contribution is -2.02. The van der Waals surface area contributed by atoms with Crippen LogP contribution in [-0.4, -0.2) is 20.2 Å². The number of hydrogen-bond acceptors (Lipinski definition) is 8. The van der Waals surface area contributed by atoms with E-state index in [0.717, 1.165) is 30.6 Å². The number of hydrogen-bond donors (Lipinski definition) is 4. The van der Waals surface area contributed by atoms with Gasteiger partial charge in [-0.2, -0.15) is 0 Å². The minimum absolute atomic E-state index is 0.441. The topological polar surface area (TPSA) is 118 Å². The molecule has 0 saturated heterocycles. The Labute approximate surface area is 206 Å². The summed E-state index contributed by atoms with van der Waals surface area (Å²) < 4.78 is 0. The summed E-state index contributed by atoms with van der Waals surface area (Å²) in [6.45, 7) is 0. The summed E-state index contributed by atoms with van der Waals surface area (Å²) in [5.74, 6) is 5.60. The fraction of sp³-hybridized carbons (Fsp3) is 0.154. The largest absolute Gasteiger partial charge is 0.387 e. The van der Waals surface area contributed by atoms with Gasteiger partial charge in [0.05, 0.1) is 33.4 Å². The molecule has 4 aromatic heterocycles. The molecule has 0 spiro atoms. The molecule has 0 saturated carbocycles. The monoisotopic (exact) mass is 486 g/mol. The Morgan fingerprint density at radius 1 is 0.706 bits per heavy atom. The van der Waals surface area contributed by atoms with Gasteiger partial charge in [-0.25, -0.2) is 0 Å². The zero-order valence-electron chi connectivity index (χ0n) is 18.1. The predicted octanol–water partition coefficient (Wildman–Crippen LogP) is 3.35. The van der Waals surface area contributed by atoms with Crippen molar-refractivity contribution in [3.63, 3.8) is 0 Å². The maximum absolute atomic E-state index is 10.7.